The van der Waals surface area contributed by atoms with E-state index in [1.165, 1.54) is 0 Å². The van der Waals surface area contributed by atoms with Gasteiger partial charge in [-0.15, -0.1) is 0 Å². The minimum absolute atomic E-state index is 0.236. The van der Waals surface area contributed by atoms with Crippen LogP contribution in [0, 0.1) is 6.92 Å². The van der Waals surface area contributed by atoms with Crippen molar-refractivity contribution >= 4 is 0 Å². The number of aromatic nitrogens is 2. The smallest absolute Gasteiger partial charge is 0.302 e. The molecule has 1 saturated heterocycles. The van der Waals surface area contributed by atoms with E-state index in [-0.39, 0.29) is 24.0 Å². The molecule has 26 heavy (non-hydrogen) atoms. The molecule has 2 aliphatic heterocycles. The molecule has 2 aromatic rings. The summed E-state index contributed by atoms with van der Waals surface area (Å²) in [6.45, 7) is 6.46. The molecular formula is C20H24N2O4. The van der Waals surface area contributed by atoms with Crippen LogP contribution in [0.3, 0.4) is 0 Å². The second-order valence-corrected chi connectivity index (χ2v) is 7.00. The van der Waals surface area contributed by atoms with Crippen molar-refractivity contribution in [3.8, 4) is 6.01 Å². The SMILES string of the molecule is CCC1(CC)O[C@@H]2C(Oc3nc(=O)c(C)cn32)[C@H]1OCc1ccccc1. The molecule has 0 amide bonds. The van der Waals surface area contributed by atoms with Crippen molar-refractivity contribution in [3.63, 3.8) is 0 Å². The van der Waals surface area contributed by atoms with Gasteiger partial charge in [0, 0.05) is 11.8 Å². The summed E-state index contributed by atoms with van der Waals surface area (Å²) in [4.78, 5) is 15.9. The molecule has 3 atom stereocenters. The third-order valence-corrected chi connectivity index (χ3v) is 5.53. The highest BCUT2D eigenvalue weighted by atomic mass is 16.6. The third kappa shape index (κ3) is 2.64. The Labute approximate surface area is 152 Å². The molecule has 1 aromatic heterocycles. The summed E-state index contributed by atoms with van der Waals surface area (Å²) in [5, 5.41) is 0. The lowest BCUT2D eigenvalue weighted by molar-refractivity contribution is -0.128. The van der Waals surface area contributed by atoms with E-state index >= 15 is 0 Å². The lowest BCUT2D eigenvalue weighted by Gasteiger charge is -2.33. The summed E-state index contributed by atoms with van der Waals surface area (Å²) >= 11 is 0. The van der Waals surface area contributed by atoms with Crippen LogP contribution in [0.15, 0.2) is 41.3 Å². The molecular weight excluding hydrogens is 332 g/mol. The minimum Gasteiger partial charge on any atom is -0.453 e. The Hall–Kier alpha value is -2.18. The first-order chi connectivity index (χ1) is 12.6. The van der Waals surface area contributed by atoms with E-state index in [4.69, 9.17) is 14.2 Å². The van der Waals surface area contributed by atoms with Gasteiger partial charge in [-0.25, -0.2) is 0 Å². The third-order valence-electron chi connectivity index (χ3n) is 5.53. The first kappa shape index (κ1) is 17.2. The first-order valence-corrected chi connectivity index (χ1v) is 9.17. The van der Waals surface area contributed by atoms with Crippen molar-refractivity contribution in [1.82, 2.24) is 9.55 Å². The van der Waals surface area contributed by atoms with Crippen LogP contribution in [-0.2, 0) is 16.1 Å². The second kappa shape index (κ2) is 6.52. The fourth-order valence-electron chi connectivity index (χ4n) is 3.93. The minimum atomic E-state index is -0.418. The van der Waals surface area contributed by atoms with Crippen LogP contribution in [0.2, 0.25) is 0 Å². The molecule has 0 N–H and O–H groups in total. The van der Waals surface area contributed by atoms with Crippen molar-refractivity contribution in [2.24, 2.45) is 0 Å². The van der Waals surface area contributed by atoms with Gasteiger partial charge in [0.1, 0.15) is 11.7 Å². The fourth-order valence-corrected chi connectivity index (χ4v) is 3.93. The highest BCUT2D eigenvalue weighted by Gasteiger charge is 2.59. The number of hydrogen-bond acceptors (Lipinski definition) is 5. The van der Waals surface area contributed by atoms with E-state index in [1.54, 1.807) is 13.1 Å². The molecule has 0 radical (unpaired) electrons. The molecule has 0 aliphatic carbocycles. The normalized spacial score (nSPS) is 25.6. The highest BCUT2D eigenvalue weighted by Crippen LogP contribution is 2.48. The molecule has 2 aliphatic rings. The maximum atomic E-state index is 11.9. The molecule has 6 heteroatoms. The van der Waals surface area contributed by atoms with Gasteiger partial charge in [-0.3, -0.25) is 9.36 Å². The summed E-state index contributed by atoms with van der Waals surface area (Å²) in [5.41, 5.74) is 0.999. The van der Waals surface area contributed by atoms with Gasteiger partial charge in [-0.2, -0.15) is 4.98 Å². The van der Waals surface area contributed by atoms with Crippen LogP contribution < -0.4 is 10.3 Å². The first-order valence-electron chi connectivity index (χ1n) is 9.17. The van der Waals surface area contributed by atoms with Gasteiger partial charge in [0.25, 0.3) is 5.56 Å². The van der Waals surface area contributed by atoms with Gasteiger partial charge < -0.3 is 14.2 Å². The Morgan fingerprint density at radius 2 is 1.96 bits per heavy atom. The van der Waals surface area contributed by atoms with Crippen LogP contribution in [0.25, 0.3) is 0 Å². The maximum absolute atomic E-state index is 11.9. The summed E-state index contributed by atoms with van der Waals surface area (Å²) in [5.74, 6) is 0. The van der Waals surface area contributed by atoms with E-state index in [0.29, 0.717) is 18.2 Å². The van der Waals surface area contributed by atoms with Gasteiger partial charge in [-0.05, 0) is 25.3 Å². The predicted octanol–water partition coefficient (Wildman–Crippen LogP) is 2.99. The topological polar surface area (TPSA) is 62.6 Å². The lowest BCUT2D eigenvalue weighted by Crippen LogP contribution is -2.45. The predicted molar refractivity (Wildman–Crippen MR) is 96.1 cm³/mol. The largest absolute Gasteiger partial charge is 0.453 e. The molecule has 0 saturated carbocycles. The van der Waals surface area contributed by atoms with Gasteiger partial charge >= 0.3 is 6.01 Å². The summed E-state index contributed by atoms with van der Waals surface area (Å²) in [6, 6.07) is 10.4. The number of benzene rings is 1. The number of rotatable bonds is 5. The number of ether oxygens (including phenoxy) is 3. The molecule has 4 rings (SSSR count). The van der Waals surface area contributed by atoms with E-state index in [1.807, 2.05) is 34.9 Å². The Morgan fingerprint density at radius 3 is 2.65 bits per heavy atom. The Balaban J connectivity index is 1.64. The number of aryl methyl sites for hydroxylation is 1. The average Bonchev–Trinajstić information content (AvgIpc) is 3.14. The molecule has 0 bridgehead atoms. The number of fused-ring (bicyclic) bond motifs is 3. The summed E-state index contributed by atoms with van der Waals surface area (Å²) in [6.07, 6.45) is 2.54. The van der Waals surface area contributed by atoms with E-state index in [9.17, 15) is 4.79 Å². The van der Waals surface area contributed by atoms with Crippen LogP contribution >= 0.6 is 0 Å². The van der Waals surface area contributed by atoms with E-state index in [2.05, 4.69) is 18.8 Å². The van der Waals surface area contributed by atoms with E-state index < -0.39 is 5.60 Å². The van der Waals surface area contributed by atoms with Gasteiger partial charge in [0.05, 0.1) is 6.61 Å². The van der Waals surface area contributed by atoms with Crippen molar-refractivity contribution in [1.29, 1.82) is 0 Å². The zero-order chi connectivity index (χ0) is 18.3. The Morgan fingerprint density at radius 1 is 1.23 bits per heavy atom. The Kier molecular flexibility index (Phi) is 4.32. The molecule has 3 heterocycles. The monoisotopic (exact) mass is 356 g/mol. The molecule has 0 spiro atoms. The van der Waals surface area contributed by atoms with Gasteiger partial charge in [-0.1, -0.05) is 44.2 Å². The standard InChI is InChI=1S/C20H24N2O4/c1-4-20(5-2)16(24-12-14-9-7-6-8-10-14)15-18(26-20)22-11-13(3)17(23)21-19(22)25-15/h6-11,15-16,18H,4-5,12H2,1-3H3/t15?,16-,18-/m1/s1. The zero-order valence-corrected chi connectivity index (χ0v) is 15.3. The fraction of sp³-hybridized carbons (Fsp3) is 0.500. The quantitative estimate of drug-likeness (QED) is 0.824. The zero-order valence-electron chi connectivity index (χ0n) is 15.3. The maximum Gasteiger partial charge on any atom is 0.302 e. The van der Waals surface area contributed by atoms with Crippen molar-refractivity contribution in [3.05, 3.63) is 58.0 Å². The van der Waals surface area contributed by atoms with Crippen LogP contribution in [-0.4, -0.2) is 27.4 Å². The molecule has 1 aromatic carbocycles. The van der Waals surface area contributed by atoms with Crippen LogP contribution in [0.1, 0.15) is 44.0 Å². The summed E-state index contributed by atoms with van der Waals surface area (Å²) < 4.78 is 20.6. The number of nitrogens with zero attached hydrogens (tertiary/aromatic N) is 2. The average molecular weight is 356 g/mol. The van der Waals surface area contributed by atoms with Crippen LogP contribution in [0.5, 0.6) is 6.01 Å². The molecule has 1 fully saturated rings. The molecule has 6 nitrogen and oxygen atoms in total. The second-order valence-electron chi connectivity index (χ2n) is 7.00. The molecule has 138 valence electrons. The number of hydrogen-bond donors (Lipinski definition) is 0. The van der Waals surface area contributed by atoms with E-state index in [0.717, 1.165) is 18.4 Å². The van der Waals surface area contributed by atoms with Gasteiger partial charge in [0.15, 0.2) is 12.3 Å². The highest BCUT2D eigenvalue weighted by molar-refractivity contribution is 5.18. The lowest BCUT2D eigenvalue weighted by atomic mass is 9.89. The van der Waals surface area contributed by atoms with Gasteiger partial charge in [0.2, 0.25) is 0 Å². The van der Waals surface area contributed by atoms with Crippen molar-refractivity contribution in [2.75, 3.05) is 0 Å². The van der Waals surface area contributed by atoms with Crippen LogP contribution in [0.4, 0.5) is 0 Å². The summed E-state index contributed by atoms with van der Waals surface area (Å²) in [7, 11) is 0. The van der Waals surface area contributed by atoms with Crippen molar-refractivity contribution in [2.45, 2.75) is 64.3 Å². The molecule has 1 unspecified atom stereocenters. The van der Waals surface area contributed by atoms with Crippen molar-refractivity contribution < 1.29 is 14.2 Å². The Bertz CT molecular complexity index is 845.